The number of piperidine rings is 1. The number of aromatic nitrogens is 4. The molecule has 1 aliphatic heterocycles. The van der Waals surface area contributed by atoms with Crippen molar-refractivity contribution < 1.29 is 9.42 Å². The van der Waals surface area contributed by atoms with Crippen molar-refractivity contribution in [2.45, 2.75) is 31.8 Å². The smallest absolute Gasteiger partial charge is 0.229 e. The number of fused-ring (bicyclic) bond motifs is 1. The van der Waals surface area contributed by atoms with E-state index in [1.54, 1.807) is 6.20 Å². The van der Waals surface area contributed by atoms with Gasteiger partial charge in [-0.2, -0.15) is 5.10 Å². The standard InChI is InChI=1S/C23H24N6O2/c30-22(15-17-5-2-1-3-6-17)25-21-9-12-24-29(21)19-10-13-28(14-11-19)16-18-7-4-8-20-23(18)27-31-26-20/h1-9,12,19H,10-11,13-16H2,(H,25,30). The highest BCUT2D eigenvalue weighted by Crippen LogP contribution is 2.27. The predicted molar refractivity (Wildman–Crippen MR) is 116 cm³/mol. The number of hydrogen-bond donors (Lipinski definition) is 1. The van der Waals surface area contributed by atoms with Crippen LogP contribution < -0.4 is 5.32 Å². The van der Waals surface area contributed by atoms with Gasteiger partial charge in [-0.25, -0.2) is 9.31 Å². The van der Waals surface area contributed by atoms with E-state index in [1.807, 2.05) is 53.2 Å². The number of carbonyl (C=O) groups excluding carboxylic acids is 1. The van der Waals surface area contributed by atoms with E-state index in [1.165, 1.54) is 0 Å². The van der Waals surface area contributed by atoms with Crippen molar-refractivity contribution in [2.24, 2.45) is 0 Å². The molecule has 0 unspecified atom stereocenters. The van der Waals surface area contributed by atoms with Crippen LogP contribution in [-0.4, -0.2) is 44.0 Å². The molecule has 1 saturated heterocycles. The Kier molecular flexibility index (Phi) is 5.45. The molecule has 1 fully saturated rings. The fourth-order valence-corrected chi connectivity index (χ4v) is 4.23. The van der Waals surface area contributed by atoms with Gasteiger partial charge in [-0.15, -0.1) is 0 Å². The minimum Gasteiger partial charge on any atom is -0.311 e. The van der Waals surface area contributed by atoms with E-state index in [-0.39, 0.29) is 11.9 Å². The summed E-state index contributed by atoms with van der Waals surface area (Å²) in [5.74, 6) is 0.734. The van der Waals surface area contributed by atoms with Gasteiger partial charge >= 0.3 is 0 Å². The first kappa shape index (κ1) is 19.4. The Morgan fingerprint density at radius 3 is 2.71 bits per heavy atom. The van der Waals surface area contributed by atoms with Crippen molar-refractivity contribution in [3.05, 3.63) is 71.9 Å². The second-order valence-electron chi connectivity index (χ2n) is 7.93. The van der Waals surface area contributed by atoms with E-state index in [9.17, 15) is 4.79 Å². The van der Waals surface area contributed by atoms with Gasteiger partial charge in [0.25, 0.3) is 0 Å². The summed E-state index contributed by atoms with van der Waals surface area (Å²) in [4.78, 5) is 14.9. The monoisotopic (exact) mass is 416 g/mol. The van der Waals surface area contributed by atoms with Crippen LogP contribution in [0.25, 0.3) is 11.0 Å². The molecule has 0 saturated carbocycles. The molecule has 0 spiro atoms. The topological polar surface area (TPSA) is 89.1 Å². The number of amides is 1. The molecule has 1 N–H and O–H groups in total. The fourth-order valence-electron chi connectivity index (χ4n) is 4.23. The Balaban J connectivity index is 1.19. The first-order valence-electron chi connectivity index (χ1n) is 10.6. The summed E-state index contributed by atoms with van der Waals surface area (Å²) in [7, 11) is 0. The third-order valence-electron chi connectivity index (χ3n) is 5.81. The van der Waals surface area contributed by atoms with Crippen LogP contribution in [0.1, 0.15) is 30.0 Å². The molecular weight excluding hydrogens is 392 g/mol. The predicted octanol–water partition coefficient (Wildman–Crippen LogP) is 3.44. The van der Waals surface area contributed by atoms with Crippen molar-refractivity contribution in [3.63, 3.8) is 0 Å². The maximum Gasteiger partial charge on any atom is 0.229 e. The molecule has 8 heteroatoms. The van der Waals surface area contributed by atoms with Gasteiger partial charge in [0.2, 0.25) is 5.91 Å². The molecule has 0 aliphatic carbocycles. The second-order valence-corrected chi connectivity index (χ2v) is 7.93. The number of likely N-dealkylation sites (tertiary alicyclic amines) is 1. The van der Waals surface area contributed by atoms with Crippen LogP contribution in [-0.2, 0) is 17.8 Å². The maximum atomic E-state index is 12.5. The Labute approximate surface area is 179 Å². The average Bonchev–Trinajstić information content (AvgIpc) is 3.45. The minimum absolute atomic E-state index is 0.0281. The fraction of sp³-hybridized carbons (Fsp3) is 0.304. The minimum atomic E-state index is -0.0281. The van der Waals surface area contributed by atoms with Crippen LogP contribution in [0.2, 0.25) is 0 Å². The molecule has 158 valence electrons. The van der Waals surface area contributed by atoms with E-state index < -0.39 is 0 Å². The number of anilines is 1. The molecule has 1 aliphatic rings. The Morgan fingerprint density at radius 1 is 1.03 bits per heavy atom. The lowest BCUT2D eigenvalue weighted by Gasteiger charge is -2.32. The van der Waals surface area contributed by atoms with Crippen molar-refractivity contribution in [1.29, 1.82) is 0 Å². The quantitative estimate of drug-likeness (QED) is 0.518. The van der Waals surface area contributed by atoms with Gasteiger partial charge in [0.1, 0.15) is 16.9 Å². The van der Waals surface area contributed by atoms with Crippen LogP contribution >= 0.6 is 0 Å². The van der Waals surface area contributed by atoms with E-state index in [0.29, 0.717) is 6.42 Å². The van der Waals surface area contributed by atoms with Crippen LogP contribution in [0, 0.1) is 0 Å². The summed E-state index contributed by atoms with van der Waals surface area (Å²) >= 11 is 0. The zero-order chi connectivity index (χ0) is 21.0. The van der Waals surface area contributed by atoms with Crippen LogP contribution in [0.5, 0.6) is 0 Å². The first-order valence-corrected chi connectivity index (χ1v) is 10.6. The lowest BCUT2D eigenvalue weighted by molar-refractivity contribution is -0.115. The Morgan fingerprint density at radius 2 is 1.87 bits per heavy atom. The number of benzene rings is 2. The zero-order valence-electron chi connectivity index (χ0n) is 17.1. The van der Waals surface area contributed by atoms with Gasteiger partial charge in [0.15, 0.2) is 0 Å². The molecule has 31 heavy (non-hydrogen) atoms. The SMILES string of the molecule is O=C(Cc1ccccc1)Nc1ccnn1C1CCN(Cc2cccc3nonc23)CC1. The molecule has 0 radical (unpaired) electrons. The highest BCUT2D eigenvalue weighted by atomic mass is 16.6. The van der Waals surface area contributed by atoms with E-state index >= 15 is 0 Å². The van der Waals surface area contributed by atoms with E-state index in [2.05, 4.69) is 31.7 Å². The molecule has 3 heterocycles. The number of hydrogen-bond acceptors (Lipinski definition) is 6. The number of rotatable bonds is 6. The second kappa shape index (κ2) is 8.69. The third kappa shape index (κ3) is 4.34. The summed E-state index contributed by atoms with van der Waals surface area (Å²) in [6, 6.07) is 17.9. The molecular formula is C23H24N6O2. The Hall–Kier alpha value is -3.52. The van der Waals surface area contributed by atoms with Crippen LogP contribution in [0.15, 0.2) is 65.4 Å². The molecule has 4 aromatic rings. The van der Waals surface area contributed by atoms with Gasteiger partial charge in [-0.3, -0.25) is 9.69 Å². The van der Waals surface area contributed by atoms with Gasteiger partial charge in [0.05, 0.1) is 18.7 Å². The molecule has 8 nitrogen and oxygen atoms in total. The Bertz CT molecular complexity index is 1160. The van der Waals surface area contributed by atoms with Crippen molar-refractivity contribution in [1.82, 2.24) is 25.0 Å². The molecule has 0 bridgehead atoms. The van der Waals surface area contributed by atoms with Gasteiger partial charge in [0, 0.05) is 25.7 Å². The summed E-state index contributed by atoms with van der Waals surface area (Å²) < 4.78 is 6.84. The number of nitrogens with zero attached hydrogens (tertiary/aromatic N) is 5. The van der Waals surface area contributed by atoms with Crippen molar-refractivity contribution in [3.8, 4) is 0 Å². The molecule has 0 atom stereocenters. The average molecular weight is 416 g/mol. The van der Waals surface area contributed by atoms with Gasteiger partial charge < -0.3 is 5.32 Å². The van der Waals surface area contributed by atoms with Crippen LogP contribution in [0.4, 0.5) is 5.82 Å². The molecule has 1 amide bonds. The summed E-state index contributed by atoms with van der Waals surface area (Å²) in [5.41, 5.74) is 3.75. The van der Waals surface area contributed by atoms with E-state index in [4.69, 9.17) is 4.63 Å². The third-order valence-corrected chi connectivity index (χ3v) is 5.81. The lowest BCUT2D eigenvalue weighted by Crippen LogP contribution is -2.35. The van der Waals surface area contributed by atoms with Gasteiger partial charge in [-0.1, -0.05) is 42.5 Å². The molecule has 5 rings (SSSR count). The summed E-state index contributed by atoms with van der Waals surface area (Å²) in [5, 5.41) is 15.5. The molecule has 2 aromatic heterocycles. The highest BCUT2D eigenvalue weighted by Gasteiger charge is 2.24. The highest BCUT2D eigenvalue weighted by molar-refractivity contribution is 5.91. The molecule has 2 aromatic carbocycles. The maximum absolute atomic E-state index is 12.5. The van der Waals surface area contributed by atoms with Crippen molar-refractivity contribution >= 4 is 22.8 Å². The van der Waals surface area contributed by atoms with E-state index in [0.717, 1.165) is 60.5 Å². The zero-order valence-corrected chi connectivity index (χ0v) is 17.1. The normalized spacial score (nSPS) is 15.4. The van der Waals surface area contributed by atoms with Crippen molar-refractivity contribution in [2.75, 3.05) is 18.4 Å². The first-order chi connectivity index (χ1) is 15.3. The lowest BCUT2D eigenvalue weighted by atomic mass is 10.0. The van der Waals surface area contributed by atoms with Crippen LogP contribution in [0.3, 0.4) is 0 Å². The van der Waals surface area contributed by atoms with Gasteiger partial charge in [-0.05, 0) is 40.3 Å². The number of nitrogens with one attached hydrogen (secondary N) is 1. The summed E-state index contributed by atoms with van der Waals surface area (Å²) in [6.07, 6.45) is 4.04. The largest absolute Gasteiger partial charge is 0.311 e. The number of carbonyl (C=O) groups is 1. The summed E-state index contributed by atoms with van der Waals surface area (Å²) in [6.45, 7) is 2.71.